The Labute approximate surface area is 177 Å². The number of rotatable bonds is 5. The number of hydrogen-bond acceptors (Lipinski definition) is 3. The summed E-state index contributed by atoms with van der Waals surface area (Å²) in [6, 6.07) is 14.7. The lowest BCUT2D eigenvalue weighted by atomic mass is 9.82. The smallest absolute Gasteiger partial charge is 0.259 e. The van der Waals surface area contributed by atoms with Gasteiger partial charge in [-0.2, -0.15) is 0 Å². The number of nitrogens with zero attached hydrogens (tertiary/aromatic N) is 2. The molecule has 0 atom stereocenters. The van der Waals surface area contributed by atoms with Crippen LogP contribution in [0.15, 0.2) is 60.8 Å². The summed E-state index contributed by atoms with van der Waals surface area (Å²) in [7, 11) is 0. The van der Waals surface area contributed by atoms with Crippen LogP contribution in [0.5, 0.6) is 5.75 Å². The van der Waals surface area contributed by atoms with Gasteiger partial charge in [0.15, 0.2) is 0 Å². The van der Waals surface area contributed by atoms with Gasteiger partial charge in [0.1, 0.15) is 11.6 Å². The van der Waals surface area contributed by atoms with Crippen LogP contribution in [0, 0.1) is 11.7 Å². The van der Waals surface area contributed by atoms with Crippen LogP contribution in [0.3, 0.4) is 0 Å². The molecule has 158 valence electrons. The fraction of sp³-hybridized carbons (Fsp3) is 0.250. The average Bonchev–Trinajstić information content (AvgIpc) is 3.08. The van der Waals surface area contributed by atoms with Gasteiger partial charge in [-0.25, -0.2) is 13.2 Å². The van der Waals surface area contributed by atoms with E-state index in [1.54, 1.807) is 35.4 Å². The molecule has 7 heteroatoms. The molecule has 1 aliphatic heterocycles. The van der Waals surface area contributed by atoms with Crippen molar-refractivity contribution in [1.29, 1.82) is 0 Å². The van der Waals surface area contributed by atoms with E-state index < -0.39 is 5.92 Å². The maximum Gasteiger partial charge on any atom is 0.259 e. The first-order valence-electron chi connectivity index (χ1n) is 10.1. The first kappa shape index (κ1) is 19.6. The quantitative estimate of drug-likeness (QED) is 0.545. The van der Waals surface area contributed by atoms with E-state index in [-0.39, 0.29) is 37.1 Å². The normalized spacial score (nSPS) is 17.4. The van der Waals surface area contributed by atoms with Crippen LogP contribution in [0.4, 0.5) is 18.9 Å². The number of benzene rings is 2. The Morgan fingerprint density at radius 1 is 1.03 bits per heavy atom. The Balaban J connectivity index is 1.44. The van der Waals surface area contributed by atoms with E-state index in [2.05, 4.69) is 4.98 Å². The minimum absolute atomic E-state index is 0.157. The van der Waals surface area contributed by atoms with E-state index in [4.69, 9.17) is 4.74 Å². The molecular formula is C24H19F3N2O2. The highest BCUT2D eigenvalue weighted by atomic mass is 19.3. The lowest BCUT2D eigenvalue weighted by Crippen LogP contribution is -2.38. The molecule has 1 saturated carbocycles. The highest BCUT2D eigenvalue weighted by molar-refractivity contribution is 6.11. The maximum atomic E-state index is 13.3. The summed E-state index contributed by atoms with van der Waals surface area (Å²) in [4.78, 5) is 19.1. The lowest BCUT2D eigenvalue weighted by Gasteiger charge is -2.34. The maximum absolute atomic E-state index is 13.3. The number of amides is 1. The van der Waals surface area contributed by atoms with Crippen molar-refractivity contribution in [3.05, 3.63) is 77.7 Å². The topological polar surface area (TPSA) is 42.4 Å². The number of halogens is 3. The number of ether oxygens (including phenoxy) is 1. The van der Waals surface area contributed by atoms with Crippen LogP contribution in [-0.4, -0.2) is 23.4 Å². The van der Waals surface area contributed by atoms with E-state index in [0.717, 1.165) is 5.56 Å². The molecule has 1 fully saturated rings. The molecule has 2 aliphatic rings. The first-order chi connectivity index (χ1) is 14.9. The average molecular weight is 424 g/mol. The lowest BCUT2D eigenvalue weighted by molar-refractivity contribution is -0.119. The number of carbonyl (C=O) groups is 1. The highest BCUT2D eigenvalue weighted by Gasteiger charge is 2.45. The molecule has 2 heterocycles. The van der Waals surface area contributed by atoms with Crippen molar-refractivity contribution in [1.82, 2.24) is 4.98 Å². The fourth-order valence-corrected chi connectivity index (χ4v) is 4.19. The Morgan fingerprint density at radius 3 is 2.52 bits per heavy atom. The second-order valence-corrected chi connectivity index (χ2v) is 7.99. The van der Waals surface area contributed by atoms with Crippen LogP contribution in [0.25, 0.3) is 11.3 Å². The summed E-state index contributed by atoms with van der Waals surface area (Å²) in [5.41, 5.74) is 3.21. The van der Waals surface area contributed by atoms with Gasteiger partial charge in [-0.3, -0.25) is 9.78 Å². The number of aromatic nitrogens is 1. The summed E-state index contributed by atoms with van der Waals surface area (Å²) >= 11 is 0. The molecule has 0 spiro atoms. The van der Waals surface area contributed by atoms with E-state index >= 15 is 0 Å². The minimum atomic E-state index is -2.58. The minimum Gasteiger partial charge on any atom is -0.493 e. The van der Waals surface area contributed by atoms with Crippen molar-refractivity contribution >= 4 is 11.6 Å². The summed E-state index contributed by atoms with van der Waals surface area (Å²) in [5, 5.41) is 0. The molecular weight excluding hydrogens is 405 g/mol. The molecule has 1 aliphatic carbocycles. The van der Waals surface area contributed by atoms with Crippen molar-refractivity contribution in [3.63, 3.8) is 0 Å². The largest absolute Gasteiger partial charge is 0.493 e. The fourth-order valence-electron chi connectivity index (χ4n) is 4.19. The van der Waals surface area contributed by atoms with E-state index in [0.29, 0.717) is 34.8 Å². The molecule has 4 nitrogen and oxygen atoms in total. The molecule has 0 N–H and O–H groups in total. The molecule has 5 rings (SSSR count). The standard InChI is InChI=1S/C24H19F3N2O2/c25-16-5-7-17(8-6-16)29-13-20-18(23(29)30)9-10-28-22(20)19-3-1-2-4-21(19)31-14-15-11-24(26,27)12-15/h1-10,15H,11-14H2. The Kier molecular flexibility index (Phi) is 4.68. The molecule has 2 aromatic carbocycles. The molecule has 1 amide bonds. The molecule has 1 aromatic heterocycles. The van der Waals surface area contributed by atoms with E-state index in [9.17, 15) is 18.0 Å². The molecule has 31 heavy (non-hydrogen) atoms. The van der Waals surface area contributed by atoms with Crippen molar-refractivity contribution in [2.75, 3.05) is 11.5 Å². The van der Waals surface area contributed by atoms with Crippen molar-refractivity contribution in [2.45, 2.75) is 25.3 Å². The predicted octanol–water partition coefficient (Wildman–Crippen LogP) is 5.47. The van der Waals surface area contributed by atoms with Gasteiger partial charge in [0.2, 0.25) is 5.92 Å². The number of carbonyl (C=O) groups excluding carboxylic acids is 1. The number of anilines is 1. The van der Waals surface area contributed by atoms with Crippen LogP contribution in [0.1, 0.15) is 28.8 Å². The molecule has 0 radical (unpaired) electrons. The van der Waals surface area contributed by atoms with Gasteiger partial charge in [0, 0.05) is 47.3 Å². The van der Waals surface area contributed by atoms with E-state index in [1.807, 2.05) is 18.2 Å². The van der Waals surface area contributed by atoms with Gasteiger partial charge < -0.3 is 9.64 Å². The van der Waals surface area contributed by atoms with Gasteiger partial charge in [0.05, 0.1) is 18.8 Å². The number of hydrogen-bond donors (Lipinski definition) is 0. The number of para-hydroxylation sites is 1. The van der Waals surface area contributed by atoms with Crippen molar-refractivity contribution < 1.29 is 22.7 Å². The second kappa shape index (κ2) is 7.41. The summed E-state index contributed by atoms with van der Waals surface area (Å²) < 4.78 is 45.4. The number of alkyl halides is 2. The second-order valence-electron chi connectivity index (χ2n) is 7.99. The third-order valence-corrected chi connectivity index (χ3v) is 5.78. The summed E-state index contributed by atoms with van der Waals surface area (Å²) in [6.45, 7) is 0.508. The first-order valence-corrected chi connectivity index (χ1v) is 10.1. The van der Waals surface area contributed by atoms with Crippen molar-refractivity contribution in [3.8, 4) is 17.0 Å². The van der Waals surface area contributed by atoms with Crippen LogP contribution < -0.4 is 9.64 Å². The predicted molar refractivity (Wildman–Crippen MR) is 110 cm³/mol. The zero-order valence-electron chi connectivity index (χ0n) is 16.5. The van der Waals surface area contributed by atoms with Crippen LogP contribution in [0.2, 0.25) is 0 Å². The van der Waals surface area contributed by atoms with Crippen LogP contribution in [-0.2, 0) is 6.54 Å². The molecule has 3 aromatic rings. The van der Waals surface area contributed by atoms with Gasteiger partial charge in [0.25, 0.3) is 5.91 Å². The zero-order valence-corrected chi connectivity index (χ0v) is 16.5. The van der Waals surface area contributed by atoms with Gasteiger partial charge in [-0.05, 0) is 42.5 Å². The SMILES string of the molecule is O=C1c2ccnc(-c3ccccc3OCC3CC(F)(F)C3)c2CN1c1ccc(F)cc1. The molecule has 0 unspecified atom stereocenters. The Hall–Kier alpha value is -3.35. The zero-order chi connectivity index (χ0) is 21.6. The van der Waals surface area contributed by atoms with Gasteiger partial charge >= 0.3 is 0 Å². The van der Waals surface area contributed by atoms with Gasteiger partial charge in [-0.1, -0.05) is 12.1 Å². The molecule has 0 saturated heterocycles. The summed E-state index contributed by atoms with van der Waals surface area (Å²) in [5.74, 6) is -2.76. The number of pyridine rings is 1. The monoisotopic (exact) mass is 424 g/mol. The van der Waals surface area contributed by atoms with E-state index in [1.165, 1.54) is 12.1 Å². The van der Waals surface area contributed by atoms with Gasteiger partial charge in [-0.15, -0.1) is 0 Å². The Morgan fingerprint density at radius 2 is 1.77 bits per heavy atom. The third-order valence-electron chi connectivity index (χ3n) is 5.78. The third kappa shape index (κ3) is 3.65. The summed E-state index contributed by atoms with van der Waals surface area (Å²) in [6.07, 6.45) is 1.26. The van der Waals surface area contributed by atoms with Crippen LogP contribution >= 0.6 is 0 Å². The number of fused-ring (bicyclic) bond motifs is 1. The Bertz CT molecular complexity index is 1140. The van der Waals surface area contributed by atoms with Crippen molar-refractivity contribution in [2.24, 2.45) is 5.92 Å². The molecule has 0 bridgehead atoms. The highest BCUT2D eigenvalue weighted by Crippen LogP contribution is 2.43.